The van der Waals surface area contributed by atoms with E-state index in [4.69, 9.17) is 22.3 Å². The van der Waals surface area contributed by atoms with Crippen molar-refractivity contribution in [1.82, 2.24) is 20.9 Å². The first kappa shape index (κ1) is 34.8. The van der Waals surface area contributed by atoms with Crippen LogP contribution in [-0.4, -0.2) is 86.6 Å². The normalized spacial score (nSPS) is 13.5. The lowest BCUT2D eigenvalue weighted by molar-refractivity contribution is -0.147. The largest absolute Gasteiger partial charge is 0.508 e. The topological polar surface area (TPSA) is 288 Å². The number of amides is 3. The van der Waals surface area contributed by atoms with E-state index in [0.29, 0.717) is 17.5 Å². The molecule has 1 aromatic heterocycles. The zero-order valence-electron chi connectivity index (χ0n) is 24.8. The van der Waals surface area contributed by atoms with Crippen LogP contribution in [0.1, 0.15) is 30.4 Å². The van der Waals surface area contributed by atoms with Crippen LogP contribution in [0.25, 0.3) is 10.9 Å². The lowest BCUT2D eigenvalue weighted by atomic mass is 10.0. The molecule has 0 spiro atoms. The second-order valence-corrected chi connectivity index (χ2v) is 10.6. The molecule has 0 radical (unpaired) electrons. The third-order valence-corrected chi connectivity index (χ3v) is 7.04. The molecule has 0 bridgehead atoms. The lowest BCUT2D eigenvalue weighted by Gasteiger charge is -2.25. The number of aromatic amines is 1. The van der Waals surface area contributed by atoms with Gasteiger partial charge in [0.15, 0.2) is 5.96 Å². The monoisotopic (exact) mass is 638 g/mol. The lowest BCUT2D eigenvalue weighted by Crippen LogP contribution is -2.58. The zero-order valence-corrected chi connectivity index (χ0v) is 24.8. The van der Waals surface area contributed by atoms with Gasteiger partial charge in [0.25, 0.3) is 0 Å². The SMILES string of the molecule is NC(N)=NCCCC(N)C(=O)NC(Cc1c[nH]c2ccccc12)C(=O)NC(Cc1ccc(O)cc1)C(=O)NC(CC(=O)O)C(=O)O. The van der Waals surface area contributed by atoms with Crippen molar-refractivity contribution in [2.75, 3.05) is 6.54 Å². The molecule has 3 amide bonds. The number of fused-ring (bicyclic) bond motifs is 1. The fourth-order valence-corrected chi connectivity index (χ4v) is 4.66. The molecule has 16 heteroatoms. The Morgan fingerprint density at radius 3 is 2.07 bits per heavy atom. The van der Waals surface area contributed by atoms with Gasteiger partial charge in [0.1, 0.15) is 23.9 Å². The number of nitrogens with two attached hydrogens (primary N) is 3. The number of phenols is 1. The Bertz CT molecular complexity index is 1570. The van der Waals surface area contributed by atoms with Crippen LogP contribution in [0.15, 0.2) is 59.7 Å². The van der Waals surface area contributed by atoms with E-state index in [-0.39, 0.29) is 37.5 Å². The predicted molar refractivity (Wildman–Crippen MR) is 167 cm³/mol. The van der Waals surface area contributed by atoms with Gasteiger partial charge in [-0.3, -0.25) is 24.2 Å². The van der Waals surface area contributed by atoms with Crippen molar-refractivity contribution in [3.63, 3.8) is 0 Å². The average molecular weight is 639 g/mol. The highest BCUT2D eigenvalue weighted by Gasteiger charge is 2.32. The van der Waals surface area contributed by atoms with Gasteiger partial charge in [0, 0.05) is 36.5 Å². The van der Waals surface area contributed by atoms with Crippen molar-refractivity contribution < 1.29 is 39.3 Å². The number of carboxylic acids is 2. The number of carbonyl (C=O) groups excluding carboxylic acids is 3. The molecule has 0 saturated heterocycles. The molecule has 4 unspecified atom stereocenters. The minimum absolute atomic E-state index is 0.00732. The van der Waals surface area contributed by atoms with Crippen molar-refractivity contribution >= 4 is 46.5 Å². The first-order valence-corrected chi connectivity index (χ1v) is 14.3. The summed E-state index contributed by atoms with van der Waals surface area (Å²) in [6, 6.07) is 7.62. The molecule has 3 aromatic rings. The summed E-state index contributed by atoms with van der Waals surface area (Å²) in [6.45, 7) is 0.246. The molecular formula is C30H38N8O8. The highest BCUT2D eigenvalue weighted by Crippen LogP contribution is 2.20. The Morgan fingerprint density at radius 1 is 0.826 bits per heavy atom. The van der Waals surface area contributed by atoms with Gasteiger partial charge in [-0.1, -0.05) is 30.3 Å². The summed E-state index contributed by atoms with van der Waals surface area (Å²) in [6.07, 6.45) is 1.22. The van der Waals surface area contributed by atoms with E-state index >= 15 is 0 Å². The van der Waals surface area contributed by atoms with E-state index < -0.39 is 60.2 Å². The summed E-state index contributed by atoms with van der Waals surface area (Å²) in [5.74, 6) is -5.57. The standard InChI is InChI=1S/C30H38N8O8/c31-20(5-3-11-34-30(32)33)26(42)36-23(13-17-15-35-21-6-2-1-4-19(17)21)28(44)37-22(12-16-7-9-18(39)10-8-16)27(43)38-24(29(45)46)14-25(40)41/h1-2,4,6-10,15,20,22-24,35,39H,3,5,11-14,31H2,(H,36,42)(H,37,44)(H,38,43)(H,40,41)(H,45,46)(H4,32,33,34). The third kappa shape index (κ3) is 10.5. The Labute approximate surface area is 263 Å². The minimum atomic E-state index is -1.78. The van der Waals surface area contributed by atoms with E-state index in [0.717, 1.165) is 10.9 Å². The number of carbonyl (C=O) groups is 5. The average Bonchev–Trinajstić information content (AvgIpc) is 3.41. The van der Waals surface area contributed by atoms with E-state index in [9.17, 15) is 34.2 Å². The predicted octanol–water partition coefficient (Wildman–Crippen LogP) is -0.947. The summed E-state index contributed by atoms with van der Waals surface area (Å²) in [5, 5.41) is 36.4. The quantitative estimate of drug-likeness (QED) is 0.0488. The summed E-state index contributed by atoms with van der Waals surface area (Å²) in [7, 11) is 0. The van der Waals surface area contributed by atoms with Crippen LogP contribution in [0.5, 0.6) is 5.75 Å². The van der Waals surface area contributed by atoms with Gasteiger partial charge in [-0.25, -0.2) is 4.79 Å². The molecule has 4 atom stereocenters. The van der Waals surface area contributed by atoms with Gasteiger partial charge >= 0.3 is 11.9 Å². The second-order valence-electron chi connectivity index (χ2n) is 10.6. The van der Waals surface area contributed by atoms with E-state index in [1.165, 1.54) is 24.3 Å². The number of aromatic hydroxyl groups is 1. The fraction of sp³-hybridized carbons (Fsp3) is 0.333. The number of hydrogen-bond acceptors (Lipinski definition) is 8. The number of aromatic nitrogens is 1. The Hall–Kier alpha value is -5.64. The third-order valence-electron chi connectivity index (χ3n) is 7.04. The van der Waals surface area contributed by atoms with Crippen molar-refractivity contribution in [1.29, 1.82) is 0 Å². The Morgan fingerprint density at radius 2 is 1.43 bits per heavy atom. The molecule has 246 valence electrons. The van der Waals surface area contributed by atoms with Crippen LogP contribution in [-0.2, 0) is 36.8 Å². The van der Waals surface area contributed by atoms with Gasteiger partial charge < -0.3 is 53.5 Å². The molecule has 2 aromatic carbocycles. The number of H-pyrrole nitrogens is 1. The van der Waals surface area contributed by atoms with Crippen LogP contribution in [0.4, 0.5) is 0 Å². The maximum absolute atomic E-state index is 13.8. The number of aliphatic carboxylic acids is 2. The van der Waals surface area contributed by atoms with E-state index in [1.807, 2.05) is 24.3 Å². The highest BCUT2D eigenvalue weighted by atomic mass is 16.4. The molecule has 0 saturated carbocycles. The van der Waals surface area contributed by atoms with Crippen molar-refractivity contribution in [2.45, 2.75) is 56.3 Å². The smallest absolute Gasteiger partial charge is 0.326 e. The van der Waals surface area contributed by atoms with E-state index in [1.54, 1.807) is 6.20 Å². The number of benzene rings is 2. The molecular weight excluding hydrogens is 600 g/mol. The van der Waals surface area contributed by atoms with Crippen molar-refractivity contribution in [3.05, 3.63) is 65.9 Å². The van der Waals surface area contributed by atoms with Crippen molar-refractivity contribution in [2.24, 2.45) is 22.2 Å². The maximum Gasteiger partial charge on any atom is 0.326 e. The number of phenolic OH excluding ortho intramolecular Hbond substituents is 1. The zero-order chi connectivity index (χ0) is 33.8. The first-order valence-electron chi connectivity index (χ1n) is 14.3. The second kappa shape index (κ2) is 16.4. The Kier molecular flexibility index (Phi) is 12.5. The minimum Gasteiger partial charge on any atom is -0.508 e. The number of aliphatic imine (C=N–C) groups is 1. The van der Waals surface area contributed by atoms with Crippen LogP contribution in [0.3, 0.4) is 0 Å². The molecule has 16 nitrogen and oxygen atoms in total. The summed E-state index contributed by atoms with van der Waals surface area (Å²) in [5.41, 5.74) is 18.7. The number of guanidine groups is 1. The van der Waals surface area contributed by atoms with Crippen LogP contribution < -0.4 is 33.2 Å². The molecule has 13 N–H and O–H groups in total. The van der Waals surface area contributed by atoms with Gasteiger partial charge in [0.2, 0.25) is 17.7 Å². The molecule has 0 aliphatic heterocycles. The number of rotatable bonds is 17. The molecule has 46 heavy (non-hydrogen) atoms. The molecule has 3 rings (SSSR count). The number of para-hydroxylation sites is 1. The van der Waals surface area contributed by atoms with Crippen molar-refractivity contribution in [3.8, 4) is 5.75 Å². The Balaban J connectivity index is 1.87. The van der Waals surface area contributed by atoms with Gasteiger partial charge in [-0.2, -0.15) is 0 Å². The first-order chi connectivity index (χ1) is 21.8. The maximum atomic E-state index is 13.8. The van der Waals surface area contributed by atoms with E-state index in [2.05, 4.69) is 25.9 Å². The summed E-state index contributed by atoms with van der Waals surface area (Å²) in [4.78, 5) is 70.0. The van der Waals surface area contributed by atoms with Gasteiger partial charge in [-0.15, -0.1) is 0 Å². The number of carboxylic acid groups (broad SMARTS) is 2. The molecule has 0 fully saturated rings. The molecule has 1 heterocycles. The van der Waals surface area contributed by atoms with Gasteiger partial charge in [-0.05, 0) is 42.2 Å². The highest BCUT2D eigenvalue weighted by molar-refractivity contribution is 5.95. The summed E-state index contributed by atoms with van der Waals surface area (Å²) < 4.78 is 0. The number of nitrogens with one attached hydrogen (secondary N) is 4. The molecule has 0 aliphatic carbocycles. The van der Waals surface area contributed by atoms with Gasteiger partial charge in [0.05, 0.1) is 12.5 Å². The fourth-order valence-electron chi connectivity index (χ4n) is 4.66. The summed E-state index contributed by atoms with van der Waals surface area (Å²) >= 11 is 0. The van der Waals surface area contributed by atoms with Crippen LogP contribution in [0, 0.1) is 0 Å². The molecule has 0 aliphatic rings. The number of nitrogens with zero attached hydrogens (tertiary/aromatic N) is 1. The number of hydrogen-bond donors (Lipinski definition) is 10. The van der Waals surface area contributed by atoms with Crippen LogP contribution >= 0.6 is 0 Å². The van der Waals surface area contributed by atoms with Crippen LogP contribution in [0.2, 0.25) is 0 Å².